The Kier molecular flexibility index (Phi) is 14.3. The van der Waals surface area contributed by atoms with Crippen LogP contribution in [0, 0.1) is 0 Å². The van der Waals surface area contributed by atoms with E-state index in [2.05, 4.69) is 54.6 Å². The van der Waals surface area contributed by atoms with E-state index >= 15 is 0 Å². The van der Waals surface area contributed by atoms with Crippen molar-refractivity contribution < 1.29 is 64.9 Å². The van der Waals surface area contributed by atoms with Gasteiger partial charge in [-0.15, -0.1) is 9.78 Å². The van der Waals surface area contributed by atoms with Crippen LogP contribution in [0.15, 0.2) is 18.2 Å². The molecule has 0 radical (unpaired) electrons. The number of hydrogen-bond acceptors (Lipinski definition) is 11. The SMILES string of the molecule is CCN(CC)c1cc2n(CC(=O)c3cc(N4CCOCC4)c(OC)c(C(C)(C)C)c3)nc(N)[n+]2nc1Cl.O=C(O)C(F)(F)F.O=C([O-])C(F)(F)F. The van der Waals surface area contributed by atoms with E-state index in [9.17, 15) is 31.1 Å². The van der Waals surface area contributed by atoms with Crippen LogP contribution in [-0.4, -0.2) is 96.6 Å². The van der Waals surface area contributed by atoms with E-state index in [1.165, 1.54) is 4.52 Å². The minimum atomic E-state index is -5.19. The van der Waals surface area contributed by atoms with Crippen molar-refractivity contribution in [2.75, 3.05) is 62.0 Å². The van der Waals surface area contributed by atoms with Crippen molar-refractivity contribution in [2.45, 2.75) is 58.9 Å². The second-order valence-electron chi connectivity index (χ2n) is 11.7. The van der Waals surface area contributed by atoms with Gasteiger partial charge in [-0.3, -0.25) is 4.79 Å². The van der Waals surface area contributed by atoms with Gasteiger partial charge in [-0.25, -0.2) is 4.79 Å². The number of carbonyl (C=O) groups is 3. The lowest BCUT2D eigenvalue weighted by Gasteiger charge is -2.33. The van der Waals surface area contributed by atoms with Gasteiger partial charge in [0.05, 0.1) is 31.7 Å². The number of benzene rings is 1. The number of morpholine rings is 1. The smallest absolute Gasteiger partial charge is 0.490 e. The van der Waals surface area contributed by atoms with Gasteiger partial charge in [0.25, 0.3) is 5.65 Å². The minimum Gasteiger partial charge on any atom is -0.542 e. The zero-order chi connectivity index (χ0) is 39.1. The summed E-state index contributed by atoms with van der Waals surface area (Å²) in [5, 5.41) is 25.1. The molecule has 0 spiro atoms. The van der Waals surface area contributed by atoms with Crippen LogP contribution in [-0.2, 0) is 26.3 Å². The predicted molar refractivity (Wildman–Crippen MR) is 170 cm³/mol. The van der Waals surface area contributed by atoms with Crippen molar-refractivity contribution in [3.05, 3.63) is 34.5 Å². The summed E-state index contributed by atoms with van der Waals surface area (Å²) in [6, 6.07) is 5.73. The zero-order valence-corrected chi connectivity index (χ0v) is 29.2. The van der Waals surface area contributed by atoms with Crippen LogP contribution in [0.5, 0.6) is 5.75 Å². The van der Waals surface area contributed by atoms with Crippen LogP contribution in [0.2, 0.25) is 5.15 Å². The van der Waals surface area contributed by atoms with Gasteiger partial charge in [0.15, 0.2) is 17.5 Å². The van der Waals surface area contributed by atoms with Crippen molar-refractivity contribution in [3.63, 3.8) is 0 Å². The largest absolute Gasteiger partial charge is 0.542 e. The van der Waals surface area contributed by atoms with Gasteiger partial charge in [-0.2, -0.15) is 26.3 Å². The molecule has 2 aromatic heterocycles. The van der Waals surface area contributed by atoms with E-state index in [1.807, 2.05) is 18.2 Å². The number of halogens is 7. The van der Waals surface area contributed by atoms with E-state index in [4.69, 9.17) is 46.6 Å². The molecule has 51 heavy (non-hydrogen) atoms. The normalized spacial score (nSPS) is 13.5. The summed E-state index contributed by atoms with van der Waals surface area (Å²) < 4.78 is 77.8. The van der Waals surface area contributed by atoms with Crippen molar-refractivity contribution >= 4 is 52.3 Å². The van der Waals surface area contributed by atoms with E-state index in [0.29, 0.717) is 29.6 Å². The molecule has 1 aliphatic heterocycles. The standard InChI is InChI=1S/C26H37ClN7O3.2C2HF3O2/c1-7-31(8-2)20-15-22-33(30-25(28)34(22)29-24(20)27)16-21(35)17-13-18(26(3,4)5)23(36-6)19(14-17)32-9-11-37-12-10-32;2*3-2(4,5)1(6)7/h13-15H,7-12,16H2,1-6H3,(H2,28,30);2*(H,6,7)/q+1;;/p-1. The summed E-state index contributed by atoms with van der Waals surface area (Å²) >= 11 is 6.46. The summed E-state index contributed by atoms with van der Waals surface area (Å²) in [6.45, 7) is 14.7. The molecule has 3 aromatic rings. The molecule has 1 aromatic carbocycles. The molecule has 3 heterocycles. The molecule has 0 saturated carbocycles. The minimum absolute atomic E-state index is 0.000164. The Morgan fingerprint density at radius 2 is 1.59 bits per heavy atom. The van der Waals surface area contributed by atoms with E-state index in [-0.39, 0.29) is 23.7 Å². The van der Waals surface area contributed by atoms with Gasteiger partial charge >= 0.3 is 24.3 Å². The summed E-state index contributed by atoms with van der Waals surface area (Å²) in [5.41, 5.74) is 9.73. The number of hydrogen-bond donors (Lipinski definition) is 2. The predicted octanol–water partition coefficient (Wildman–Crippen LogP) is 3.06. The number of ether oxygens (including phenoxy) is 2. The van der Waals surface area contributed by atoms with E-state index in [1.54, 1.807) is 11.8 Å². The topological polar surface area (TPSA) is 180 Å². The van der Waals surface area contributed by atoms with Crippen LogP contribution in [0.4, 0.5) is 43.7 Å². The van der Waals surface area contributed by atoms with Crippen LogP contribution in [0.3, 0.4) is 0 Å². The number of anilines is 3. The molecule has 3 N–H and O–H groups in total. The summed E-state index contributed by atoms with van der Waals surface area (Å²) in [6.07, 6.45) is -10.3. The maximum Gasteiger partial charge on any atom is 0.490 e. The highest BCUT2D eigenvalue weighted by molar-refractivity contribution is 6.31. The lowest BCUT2D eigenvalue weighted by molar-refractivity contribution is -0.565. The maximum atomic E-state index is 13.7. The molecule has 1 aliphatic rings. The fourth-order valence-corrected chi connectivity index (χ4v) is 4.97. The Labute approximate surface area is 293 Å². The van der Waals surface area contributed by atoms with Gasteiger partial charge in [-0.1, -0.05) is 36.9 Å². The third-order valence-corrected chi connectivity index (χ3v) is 7.48. The number of aromatic nitrogens is 4. The number of aliphatic carboxylic acids is 2. The zero-order valence-electron chi connectivity index (χ0n) is 28.5. The van der Waals surface area contributed by atoms with Crippen molar-refractivity contribution in [1.82, 2.24) is 14.9 Å². The number of nitrogens with two attached hydrogens (primary N) is 1. The quantitative estimate of drug-likeness (QED) is 0.195. The average Bonchev–Trinajstić information content (AvgIpc) is 3.33. The number of carboxylic acid groups (broad SMARTS) is 2. The van der Waals surface area contributed by atoms with Crippen LogP contribution < -0.4 is 29.9 Å². The van der Waals surface area contributed by atoms with Gasteiger partial charge in [-0.05, 0) is 31.4 Å². The first-order chi connectivity index (χ1) is 23.5. The number of carbonyl (C=O) groups excluding carboxylic acids is 2. The number of methoxy groups -OCH3 is 1. The van der Waals surface area contributed by atoms with Crippen molar-refractivity contribution in [2.24, 2.45) is 0 Å². The summed E-state index contributed by atoms with van der Waals surface area (Å²) in [4.78, 5) is 35.7. The number of carboxylic acids is 2. The molecule has 0 amide bonds. The molecule has 284 valence electrons. The van der Waals surface area contributed by atoms with Gasteiger partial charge in [0.1, 0.15) is 11.7 Å². The first-order valence-electron chi connectivity index (χ1n) is 15.1. The van der Waals surface area contributed by atoms with Crippen LogP contribution in [0.1, 0.15) is 50.5 Å². The molecule has 0 atom stereocenters. The molecule has 0 unspecified atom stereocenters. The second-order valence-corrected chi connectivity index (χ2v) is 12.1. The highest BCUT2D eigenvalue weighted by Crippen LogP contribution is 2.40. The summed E-state index contributed by atoms with van der Waals surface area (Å²) in [5.74, 6) is -4.90. The van der Waals surface area contributed by atoms with Crippen molar-refractivity contribution in [1.29, 1.82) is 0 Å². The number of ketones is 1. The van der Waals surface area contributed by atoms with Gasteiger partial charge in [0, 0.05) is 48.5 Å². The van der Waals surface area contributed by atoms with Crippen LogP contribution >= 0.6 is 11.6 Å². The number of nitrogen functional groups attached to an aromatic ring is 1. The van der Waals surface area contributed by atoms with Gasteiger partial charge in [0.2, 0.25) is 0 Å². The fraction of sp³-hybridized carbons (Fsp3) is 0.533. The third-order valence-electron chi connectivity index (χ3n) is 7.21. The molecule has 14 nitrogen and oxygen atoms in total. The maximum absolute atomic E-state index is 13.7. The lowest BCUT2D eigenvalue weighted by Crippen LogP contribution is -2.37. The molecule has 21 heteroatoms. The molecule has 1 saturated heterocycles. The molecular weight excluding hydrogens is 720 g/mol. The Hall–Kier alpha value is -4.59. The molecule has 0 aliphatic carbocycles. The Bertz CT molecular complexity index is 1680. The molecule has 1 fully saturated rings. The number of nitrogens with zero attached hydrogens (tertiary/aromatic N) is 6. The lowest BCUT2D eigenvalue weighted by atomic mass is 9.84. The average molecular weight is 758 g/mol. The second kappa shape index (κ2) is 17.1. The van der Waals surface area contributed by atoms with Gasteiger partial charge < -0.3 is 40.0 Å². The highest BCUT2D eigenvalue weighted by atomic mass is 35.5. The third kappa shape index (κ3) is 11.2. The fourth-order valence-electron chi connectivity index (χ4n) is 4.72. The molecule has 0 bridgehead atoms. The van der Waals surface area contributed by atoms with E-state index < -0.39 is 24.3 Å². The first kappa shape index (κ1) is 42.6. The van der Waals surface area contributed by atoms with E-state index in [0.717, 1.165) is 48.9 Å². The number of fused-ring (bicyclic) bond motifs is 1. The Morgan fingerprint density at radius 1 is 1.06 bits per heavy atom. The van der Waals surface area contributed by atoms with Crippen molar-refractivity contribution in [3.8, 4) is 5.75 Å². The molecule has 4 rings (SSSR count). The number of Topliss-reactive ketones (excluding diaryl/α,β-unsaturated/α-hetero) is 1. The Morgan fingerprint density at radius 3 is 2.02 bits per heavy atom. The first-order valence-corrected chi connectivity index (χ1v) is 15.5. The highest BCUT2D eigenvalue weighted by Gasteiger charge is 2.38. The summed E-state index contributed by atoms with van der Waals surface area (Å²) in [7, 11) is 1.68. The molecular formula is C30H38ClF6N7O7. The number of alkyl halides is 6. The monoisotopic (exact) mass is 757 g/mol. The Balaban J connectivity index is 0.000000543. The number of rotatable bonds is 8. The van der Waals surface area contributed by atoms with Crippen LogP contribution in [0.25, 0.3) is 5.65 Å².